The van der Waals surface area contributed by atoms with E-state index in [-0.39, 0.29) is 5.75 Å². The van der Waals surface area contributed by atoms with Crippen LogP contribution >= 0.6 is 11.6 Å². The Kier molecular flexibility index (Phi) is 6.65. The van der Waals surface area contributed by atoms with E-state index in [4.69, 9.17) is 11.6 Å². The molecule has 1 heterocycles. The van der Waals surface area contributed by atoms with Crippen LogP contribution in [-0.4, -0.2) is 51.1 Å². The van der Waals surface area contributed by atoms with Crippen LogP contribution in [0, 0.1) is 0 Å². The summed E-state index contributed by atoms with van der Waals surface area (Å²) in [7, 11) is -3.09. The molecular formula is C10H21ClN2O2S. The van der Waals surface area contributed by atoms with Crippen molar-refractivity contribution in [3.8, 4) is 0 Å². The van der Waals surface area contributed by atoms with Crippen molar-refractivity contribution in [1.29, 1.82) is 0 Å². The molecule has 1 rings (SSSR count). The van der Waals surface area contributed by atoms with Crippen molar-refractivity contribution >= 4 is 21.6 Å². The topological polar surface area (TPSA) is 49.4 Å². The van der Waals surface area contributed by atoms with Gasteiger partial charge in [-0.3, -0.25) is 0 Å². The fourth-order valence-corrected chi connectivity index (χ4v) is 3.27. The fraction of sp³-hybridized carbons (Fsp3) is 1.00. The minimum atomic E-state index is -3.09. The van der Waals surface area contributed by atoms with E-state index in [9.17, 15) is 8.42 Å². The van der Waals surface area contributed by atoms with Gasteiger partial charge in [-0.2, -0.15) is 0 Å². The minimum Gasteiger partial charge on any atom is -0.303 e. The average Bonchev–Trinajstić information content (AvgIpc) is 2.75. The van der Waals surface area contributed by atoms with Gasteiger partial charge in [0.1, 0.15) is 0 Å². The number of nitrogens with one attached hydrogen (secondary N) is 1. The molecule has 1 saturated heterocycles. The van der Waals surface area contributed by atoms with Crippen LogP contribution in [0.1, 0.15) is 25.7 Å². The average molecular weight is 269 g/mol. The van der Waals surface area contributed by atoms with Crippen LogP contribution in [0.2, 0.25) is 0 Å². The van der Waals surface area contributed by atoms with Gasteiger partial charge in [-0.25, -0.2) is 13.1 Å². The third kappa shape index (κ3) is 6.03. The molecule has 4 nitrogen and oxygen atoms in total. The van der Waals surface area contributed by atoms with Crippen LogP contribution in [-0.2, 0) is 10.0 Å². The zero-order chi connectivity index (χ0) is 11.9. The molecule has 1 aliphatic heterocycles. The predicted molar refractivity (Wildman–Crippen MR) is 67.4 cm³/mol. The van der Waals surface area contributed by atoms with Crippen LogP contribution in [0.3, 0.4) is 0 Å². The van der Waals surface area contributed by atoms with Crippen LogP contribution in [0.4, 0.5) is 0 Å². The number of likely N-dealkylation sites (tertiary alicyclic amines) is 1. The van der Waals surface area contributed by atoms with Crippen molar-refractivity contribution in [1.82, 2.24) is 9.62 Å². The molecule has 0 atom stereocenters. The van der Waals surface area contributed by atoms with Gasteiger partial charge in [0.05, 0.1) is 5.75 Å². The number of rotatable bonds is 8. The number of hydrogen-bond donors (Lipinski definition) is 1. The molecule has 16 heavy (non-hydrogen) atoms. The summed E-state index contributed by atoms with van der Waals surface area (Å²) >= 11 is 5.46. The summed E-state index contributed by atoms with van der Waals surface area (Å²) in [5.41, 5.74) is 0. The maximum atomic E-state index is 11.4. The molecule has 0 aliphatic carbocycles. The lowest BCUT2D eigenvalue weighted by atomic mass is 10.4. The molecule has 0 unspecified atom stereocenters. The number of hydrogen-bond acceptors (Lipinski definition) is 3. The van der Waals surface area contributed by atoms with Crippen LogP contribution < -0.4 is 4.72 Å². The SMILES string of the molecule is O=S(=O)(CCCCl)NCCCN1CCCC1. The second-order valence-corrected chi connectivity index (χ2v) is 6.46. The molecule has 0 bridgehead atoms. The third-order valence-electron chi connectivity index (χ3n) is 2.72. The van der Waals surface area contributed by atoms with Crippen molar-refractivity contribution in [2.75, 3.05) is 37.8 Å². The summed E-state index contributed by atoms with van der Waals surface area (Å²) in [6.07, 6.45) is 3.96. The Morgan fingerprint density at radius 2 is 1.88 bits per heavy atom. The van der Waals surface area contributed by atoms with E-state index in [2.05, 4.69) is 9.62 Å². The molecule has 0 aromatic carbocycles. The number of nitrogens with zero attached hydrogens (tertiary/aromatic N) is 1. The molecule has 0 radical (unpaired) electrons. The third-order valence-corrected chi connectivity index (χ3v) is 4.46. The Morgan fingerprint density at radius 1 is 1.19 bits per heavy atom. The van der Waals surface area contributed by atoms with Crippen molar-refractivity contribution in [3.63, 3.8) is 0 Å². The van der Waals surface area contributed by atoms with Gasteiger partial charge in [0.2, 0.25) is 10.0 Å². The summed E-state index contributed by atoms with van der Waals surface area (Å²) in [4.78, 5) is 2.38. The van der Waals surface area contributed by atoms with Gasteiger partial charge in [-0.15, -0.1) is 11.6 Å². The smallest absolute Gasteiger partial charge is 0.211 e. The first-order valence-electron chi connectivity index (χ1n) is 5.90. The Balaban J connectivity index is 2.05. The van der Waals surface area contributed by atoms with E-state index >= 15 is 0 Å². The minimum absolute atomic E-state index is 0.139. The summed E-state index contributed by atoms with van der Waals surface area (Å²) in [6.45, 7) is 3.87. The van der Waals surface area contributed by atoms with E-state index in [1.807, 2.05) is 0 Å². The largest absolute Gasteiger partial charge is 0.303 e. The van der Waals surface area contributed by atoms with Crippen LogP contribution in [0.25, 0.3) is 0 Å². The first-order valence-corrected chi connectivity index (χ1v) is 8.08. The van der Waals surface area contributed by atoms with Crippen LogP contribution in [0.5, 0.6) is 0 Å². The molecule has 0 aromatic heterocycles. The monoisotopic (exact) mass is 268 g/mol. The highest BCUT2D eigenvalue weighted by Gasteiger charge is 2.12. The molecule has 0 spiro atoms. The van der Waals surface area contributed by atoms with Crippen molar-refractivity contribution < 1.29 is 8.42 Å². The second kappa shape index (κ2) is 7.48. The first-order chi connectivity index (χ1) is 7.64. The van der Waals surface area contributed by atoms with E-state index in [1.54, 1.807) is 0 Å². The molecule has 1 N–H and O–H groups in total. The summed E-state index contributed by atoms with van der Waals surface area (Å²) < 4.78 is 25.4. The van der Waals surface area contributed by atoms with Crippen molar-refractivity contribution in [3.05, 3.63) is 0 Å². The Hall–Kier alpha value is 0.160. The van der Waals surface area contributed by atoms with Gasteiger partial charge in [0.15, 0.2) is 0 Å². The maximum Gasteiger partial charge on any atom is 0.211 e. The molecule has 1 fully saturated rings. The second-order valence-electron chi connectivity index (χ2n) is 4.16. The van der Waals surface area contributed by atoms with Gasteiger partial charge in [-0.1, -0.05) is 0 Å². The molecule has 96 valence electrons. The Bertz CT molecular complexity index is 277. The molecule has 0 saturated carbocycles. The maximum absolute atomic E-state index is 11.4. The summed E-state index contributed by atoms with van der Waals surface area (Å²) in [5.74, 6) is 0.537. The summed E-state index contributed by atoms with van der Waals surface area (Å²) in [6, 6.07) is 0. The van der Waals surface area contributed by atoms with E-state index in [1.165, 1.54) is 25.9 Å². The van der Waals surface area contributed by atoms with E-state index in [0.29, 0.717) is 18.8 Å². The summed E-state index contributed by atoms with van der Waals surface area (Å²) in [5, 5.41) is 0. The Labute approximate surface area is 103 Å². The lowest BCUT2D eigenvalue weighted by molar-refractivity contribution is 0.334. The van der Waals surface area contributed by atoms with Gasteiger partial charge in [0, 0.05) is 12.4 Å². The normalized spacial score (nSPS) is 18.1. The number of sulfonamides is 1. The number of halogens is 1. The van der Waals surface area contributed by atoms with E-state index < -0.39 is 10.0 Å². The Morgan fingerprint density at radius 3 is 2.50 bits per heavy atom. The van der Waals surface area contributed by atoms with Gasteiger partial charge >= 0.3 is 0 Å². The molecular weight excluding hydrogens is 248 g/mol. The predicted octanol–water partition coefficient (Wildman–Crippen LogP) is 1.02. The zero-order valence-electron chi connectivity index (χ0n) is 9.62. The first kappa shape index (κ1) is 14.2. The quantitative estimate of drug-likeness (QED) is 0.528. The highest BCUT2D eigenvalue weighted by atomic mass is 35.5. The fourth-order valence-electron chi connectivity index (χ4n) is 1.85. The molecule has 1 aliphatic rings. The lowest BCUT2D eigenvalue weighted by Crippen LogP contribution is -2.30. The van der Waals surface area contributed by atoms with Crippen molar-refractivity contribution in [2.45, 2.75) is 25.7 Å². The van der Waals surface area contributed by atoms with Gasteiger partial charge < -0.3 is 4.90 Å². The molecule has 0 aromatic rings. The standard InChI is InChI=1S/C10H21ClN2O2S/c11-5-3-10-16(14,15)12-6-4-9-13-7-1-2-8-13/h12H,1-10H2. The highest BCUT2D eigenvalue weighted by molar-refractivity contribution is 7.89. The zero-order valence-corrected chi connectivity index (χ0v) is 11.2. The molecule has 6 heteroatoms. The van der Waals surface area contributed by atoms with Crippen LogP contribution in [0.15, 0.2) is 0 Å². The lowest BCUT2D eigenvalue weighted by Gasteiger charge is -2.14. The van der Waals surface area contributed by atoms with E-state index in [0.717, 1.165) is 13.0 Å². The van der Waals surface area contributed by atoms with Gasteiger partial charge in [-0.05, 0) is 45.3 Å². The van der Waals surface area contributed by atoms with Crippen molar-refractivity contribution in [2.24, 2.45) is 0 Å². The number of alkyl halides is 1. The highest BCUT2D eigenvalue weighted by Crippen LogP contribution is 2.06. The van der Waals surface area contributed by atoms with Gasteiger partial charge in [0.25, 0.3) is 0 Å². The molecule has 0 amide bonds.